The van der Waals surface area contributed by atoms with Crippen molar-refractivity contribution >= 4 is 5.97 Å². The lowest BCUT2D eigenvalue weighted by Gasteiger charge is -2.13. The van der Waals surface area contributed by atoms with Crippen molar-refractivity contribution in [2.24, 2.45) is 0 Å². The van der Waals surface area contributed by atoms with Crippen LogP contribution in [0.25, 0.3) is 0 Å². The fourth-order valence-corrected chi connectivity index (χ4v) is 1.68. The monoisotopic (exact) mass is 287 g/mol. The van der Waals surface area contributed by atoms with Gasteiger partial charge in [0.1, 0.15) is 5.75 Å². The van der Waals surface area contributed by atoms with E-state index in [-0.39, 0.29) is 24.2 Å². The molecule has 4 nitrogen and oxygen atoms in total. The van der Waals surface area contributed by atoms with Gasteiger partial charge in [0, 0.05) is 0 Å². The van der Waals surface area contributed by atoms with Crippen LogP contribution in [0.4, 0.5) is 13.2 Å². The molecular weight excluding hydrogens is 275 g/mol. The predicted octanol–water partition coefficient (Wildman–Crippen LogP) is 2.87. The minimum absolute atomic E-state index is 0.144. The number of aryl methyl sites for hydroxylation is 1. The van der Waals surface area contributed by atoms with Gasteiger partial charge in [0.05, 0.1) is 24.7 Å². The lowest BCUT2D eigenvalue weighted by molar-refractivity contribution is -0.274. The molecular formula is C13H12F3NO3. The summed E-state index contributed by atoms with van der Waals surface area (Å²) in [6, 6.07) is 3.98. The first-order valence-corrected chi connectivity index (χ1v) is 5.71. The van der Waals surface area contributed by atoms with Crippen LogP contribution in [-0.2, 0) is 16.0 Å². The van der Waals surface area contributed by atoms with E-state index in [0.29, 0.717) is 5.56 Å². The number of carbonyl (C=O) groups excluding carboxylic acids is 1. The van der Waals surface area contributed by atoms with E-state index >= 15 is 0 Å². The van der Waals surface area contributed by atoms with Gasteiger partial charge in [0.15, 0.2) is 0 Å². The lowest BCUT2D eigenvalue weighted by Crippen LogP contribution is -2.18. The Morgan fingerprint density at radius 2 is 2.05 bits per heavy atom. The van der Waals surface area contributed by atoms with Crippen molar-refractivity contribution in [2.75, 3.05) is 6.61 Å². The molecule has 1 aromatic carbocycles. The smallest absolute Gasteiger partial charge is 0.466 e. The minimum atomic E-state index is -4.83. The Hall–Kier alpha value is -2.23. The molecule has 0 unspecified atom stereocenters. The summed E-state index contributed by atoms with van der Waals surface area (Å²) in [4.78, 5) is 11.4. The average molecular weight is 287 g/mol. The third kappa shape index (κ3) is 4.46. The zero-order valence-corrected chi connectivity index (χ0v) is 10.9. The van der Waals surface area contributed by atoms with Gasteiger partial charge in [-0.15, -0.1) is 13.2 Å². The van der Waals surface area contributed by atoms with Crippen molar-refractivity contribution in [3.8, 4) is 11.8 Å². The largest absolute Gasteiger partial charge is 0.573 e. The summed E-state index contributed by atoms with van der Waals surface area (Å²) in [5.74, 6) is -1.08. The van der Waals surface area contributed by atoms with Crippen LogP contribution in [0.1, 0.15) is 23.6 Å². The number of alkyl halides is 3. The third-order valence-corrected chi connectivity index (χ3v) is 2.38. The molecule has 0 fully saturated rings. The highest BCUT2D eigenvalue weighted by atomic mass is 19.4. The van der Waals surface area contributed by atoms with Gasteiger partial charge in [-0.3, -0.25) is 4.79 Å². The number of halogens is 3. The van der Waals surface area contributed by atoms with Gasteiger partial charge < -0.3 is 9.47 Å². The van der Waals surface area contributed by atoms with E-state index in [4.69, 9.17) is 10.00 Å². The van der Waals surface area contributed by atoms with Crippen LogP contribution in [0.5, 0.6) is 5.75 Å². The molecule has 0 atom stereocenters. The molecule has 1 rings (SSSR count). The number of rotatable bonds is 4. The van der Waals surface area contributed by atoms with Gasteiger partial charge in [0.25, 0.3) is 0 Å². The van der Waals surface area contributed by atoms with Gasteiger partial charge in [-0.05, 0) is 37.1 Å². The second kappa shape index (κ2) is 6.28. The van der Waals surface area contributed by atoms with E-state index in [1.165, 1.54) is 6.92 Å². The van der Waals surface area contributed by atoms with Gasteiger partial charge in [-0.2, -0.15) is 5.26 Å². The SMILES string of the molecule is CCOC(=O)Cc1cc(OC(F)(F)F)cc(C)c1C#N. The van der Waals surface area contributed by atoms with Crippen LogP contribution < -0.4 is 4.74 Å². The normalized spacial score (nSPS) is 10.8. The Bertz CT molecular complexity index is 547. The summed E-state index contributed by atoms with van der Waals surface area (Å²) in [7, 11) is 0. The maximum Gasteiger partial charge on any atom is 0.573 e. The van der Waals surface area contributed by atoms with Crippen LogP contribution in [0.3, 0.4) is 0 Å². The molecule has 0 saturated heterocycles. The number of hydrogen-bond acceptors (Lipinski definition) is 4. The van der Waals surface area contributed by atoms with Crippen molar-refractivity contribution in [3.05, 3.63) is 28.8 Å². The summed E-state index contributed by atoms with van der Waals surface area (Å²) in [5.41, 5.74) is 0.589. The number of nitrogens with zero attached hydrogens (tertiary/aromatic N) is 1. The Kier molecular flexibility index (Phi) is 4.97. The number of nitriles is 1. The molecule has 0 aliphatic rings. The fraction of sp³-hybridized carbons (Fsp3) is 0.385. The zero-order chi connectivity index (χ0) is 15.3. The second-order valence-electron chi connectivity index (χ2n) is 3.92. The third-order valence-electron chi connectivity index (χ3n) is 2.38. The number of benzene rings is 1. The molecule has 0 radical (unpaired) electrons. The zero-order valence-electron chi connectivity index (χ0n) is 10.9. The first-order chi connectivity index (χ1) is 9.26. The van der Waals surface area contributed by atoms with Gasteiger partial charge in [-0.1, -0.05) is 0 Å². The maximum atomic E-state index is 12.2. The highest BCUT2D eigenvalue weighted by Crippen LogP contribution is 2.27. The van der Waals surface area contributed by atoms with Crippen LogP contribution in [0.15, 0.2) is 12.1 Å². The molecule has 7 heteroatoms. The van der Waals surface area contributed by atoms with E-state index in [0.717, 1.165) is 12.1 Å². The summed E-state index contributed by atoms with van der Waals surface area (Å²) >= 11 is 0. The average Bonchev–Trinajstić information content (AvgIpc) is 2.26. The summed E-state index contributed by atoms with van der Waals surface area (Å²) in [5, 5.41) is 9.00. The van der Waals surface area contributed by atoms with Gasteiger partial charge >= 0.3 is 12.3 Å². The molecule has 0 amide bonds. The molecule has 1 aromatic rings. The second-order valence-corrected chi connectivity index (χ2v) is 3.92. The van der Waals surface area contributed by atoms with E-state index in [2.05, 4.69) is 4.74 Å². The van der Waals surface area contributed by atoms with Crippen LogP contribution in [0, 0.1) is 18.3 Å². The van der Waals surface area contributed by atoms with Crippen molar-refractivity contribution in [3.63, 3.8) is 0 Å². The van der Waals surface area contributed by atoms with Crippen molar-refractivity contribution in [1.29, 1.82) is 5.26 Å². The quantitative estimate of drug-likeness (QED) is 0.799. The van der Waals surface area contributed by atoms with E-state index in [9.17, 15) is 18.0 Å². The van der Waals surface area contributed by atoms with E-state index in [1.807, 2.05) is 6.07 Å². The minimum Gasteiger partial charge on any atom is -0.466 e. The molecule has 108 valence electrons. The molecule has 0 aromatic heterocycles. The Balaban J connectivity index is 3.13. The van der Waals surface area contributed by atoms with E-state index < -0.39 is 18.1 Å². The molecule has 0 saturated carbocycles. The van der Waals surface area contributed by atoms with Crippen LogP contribution >= 0.6 is 0 Å². The van der Waals surface area contributed by atoms with Crippen molar-refractivity contribution < 1.29 is 27.4 Å². The summed E-state index contributed by atoms with van der Waals surface area (Å²) in [6.07, 6.45) is -5.12. The number of hydrogen-bond donors (Lipinski definition) is 0. The number of carbonyl (C=O) groups is 1. The van der Waals surface area contributed by atoms with Crippen molar-refractivity contribution in [2.45, 2.75) is 26.6 Å². The summed E-state index contributed by atoms with van der Waals surface area (Å²) in [6.45, 7) is 3.23. The standard InChI is InChI=1S/C13H12F3NO3/c1-3-19-12(18)6-9-5-10(20-13(14,15)16)4-8(2)11(9)7-17/h4-5H,3,6H2,1-2H3. The number of esters is 1. The number of ether oxygens (including phenoxy) is 2. The first-order valence-electron chi connectivity index (χ1n) is 5.71. The topological polar surface area (TPSA) is 59.3 Å². The fourth-order valence-electron chi connectivity index (χ4n) is 1.68. The van der Waals surface area contributed by atoms with Crippen LogP contribution in [0.2, 0.25) is 0 Å². The first kappa shape index (κ1) is 15.8. The van der Waals surface area contributed by atoms with Gasteiger partial charge in [0.2, 0.25) is 0 Å². The maximum absolute atomic E-state index is 12.2. The van der Waals surface area contributed by atoms with Crippen LogP contribution in [-0.4, -0.2) is 18.9 Å². The van der Waals surface area contributed by atoms with Crippen molar-refractivity contribution in [1.82, 2.24) is 0 Å². The molecule has 0 heterocycles. The molecule has 0 aliphatic carbocycles. The molecule has 0 aliphatic heterocycles. The molecule has 0 bridgehead atoms. The predicted molar refractivity (Wildman–Crippen MR) is 62.9 cm³/mol. The molecule has 20 heavy (non-hydrogen) atoms. The molecule has 0 N–H and O–H groups in total. The summed E-state index contributed by atoms with van der Waals surface area (Å²) < 4.78 is 45.1. The Labute approximate surface area is 113 Å². The highest BCUT2D eigenvalue weighted by Gasteiger charge is 2.31. The lowest BCUT2D eigenvalue weighted by atomic mass is 10.00. The van der Waals surface area contributed by atoms with Gasteiger partial charge in [-0.25, -0.2) is 0 Å². The Morgan fingerprint density at radius 3 is 2.55 bits per heavy atom. The molecule has 0 spiro atoms. The van der Waals surface area contributed by atoms with E-state index in [1.54, 1.807) is 6.92 Å². The Morgan fingerprint density at radius 1 is 1.40 bits per heavy atom. The highest BCUT2D eigenvalue weighted by molar-refractivity contribution is 5.74.